The lowest BCUT2D eigenvalue weighted by Crippen LogP contribution is -2.39. The molecule has 1 fully saturated rings. The van der Waals surface area contributed by atoms with Crippen LogP contribution in [-0.4, -0.2) is 31.7 Å². The molecule has 0 aromatic heterocycles. The first kappa shape index (κ1) is 22.5. The zero-order valence-electron chi connectivity index (χ0n) is 17.9. The van der Waals surface area contributed by atoms with Gasteiger partial charge >= 0.3 is 0 Å². The molecule has 0 atom stereocenters. The van der Waals surface area contributed by atoms with Gasteiger partial charge in [0.1, 0.15) is 0 Å². The van der Waals surface area contributed by atoms with Crippen LogP contribution < -0.4 is 5.32 Å². The third kappa shape index (κ3) is 5.70. The van der Waals surface area contributed by atoms with Crippen LogP contribution in [-0.2, 0) is 27.8 Å². The van der Waals surface area contributed by atoms with Crippen molar-refractivity contribution in [3.05, 3.63) is 65.2 Å². The van der Waals surface area contributed by atoms with E-state index in [0.717, 1.165) is 36.8 Å². The SMILES string of the molecule is CCc1ccc(CNC(=O)CCC2CCN(S(=O)(=O)c3ccccc3C)CC2)cc1. The first-order chi connectivity index (χ1) is 14.4. The lowest BCUT2D eigenvalue weighted by Gasteiger charge is -2.31. The van der Waals surface area contributed by atoms with Gasteiger partial charge in [0, 0.05) is 26.1 Å². The molecule has 30 heavy (non-hydrogen) atoms. The summed E-state index contributed by atoms with van der Waals surface area (Å²) in [4.78, 5) is 12.6. The van der Waals surface area contributed by atoms with Gasteiger partial charge in [0.05, 0.1) is 4.90 Å². The molecule has 0 radical (unpaired) electrons. The fourth-order valence-electron chi connectivity index (χ4n) is 3.94. The molecule has 0 aliphatic carbocycles. The van der Waals surface area contributed by atoms with Crippen molar-refractivity contribution in [2.45, 2.75) is 57.4 Å². The molecule has 2 aromatic rings. The second-order valence-electron chi connectivity index (χ2n) is 8.10. The molecule has 1 amide bonds. The Kier molecular flexibility index (Phi) is 7.67. The van der Waals surface area contributed by atoms with Crippen molar-refractivity contribution in [3.63, 3.8) is 0 Å². The summed E-state index contributed by atoms with van der Waals surface area (Å²) in [5, 5.41) is 2.99. The average Bonchev–Trinajstić information content (AvgIpc) is 2.77. The van der Waals surface area contributed by atoms with Crippen molar-refractivity contribution < 1.29 is 13.2 Å². The summed E-state index contributed by atoms with van der Waals surface area (Å²) in [7, 11) is -3.44. The third-order valence-corrected chi connectivity index (χ3v) is 8.04. The summed E-state index contributed by atoms with van der Waals surface area (Å²) in [5.74, 6) is 0.451. The molecule has 2 aromatic carbocycles. The molecule has 1 aliphatic heterocycles. The molecular formula is C24H32N2O3S. The summed E-state index contributed by atoms with van der Waals surface area (Å²) >= 11 is 0. The highest BCUT2D eigenvalue weighted by molar-refractivity contribution is 7.89. The van der Waals surface area contributed by atoms with Gasteiger partial charge in [-0.05, 0) is 61.3 Å². The fourth-order valence-corrected chi connectivity index (χ4v) is 5.64. The van der Waals surface area contributed by atoms with Gasteiger partial charge in [0.25, 0.3) is 0 Å². The summed E-state index contributed by atoms with van der Waals surface area (Å²) in [6.07, 6.45) is 3.91. The van der Waals surface area contributed by atoms with Crippen LogP contribution in [0.1, 0.15) is 49.3 Å². The maximum atomic E-state index is 12.9. The number of carbonyl (C=O) groups excluding carboxylic acids is 1. The monoisotopic (exact) mass is 428 g/mol. The van der Waals surface area contributed by atoms with Crippen molar-refractivity contribution >= 4 is 15.9 Å². The van der Waals surface area contributed by atoms with Gasteiger partial charge in [-0.15, -0.1) is 0 Å². The molecular weight excluding hydrogens is 396 g/mol. The Morgan fingerprint density at radius 1 is 1.03 bits per heavy atom. The Morgan fingerprint density at radius 3 is 2.30 bits per heavy atom. The maximum absolute atomic E-state index is 12.9. The predicted octanol–water partition coefficient (Wildman–Crippen LogP) is 4.05. The molecule has 1 N–H and O–H groups in total. The minimum absolute atomic E-state index is 0.0597. The molecule has 1 heterocycles. The standard InChI is InChI=1S/C24H32N2O3S/c1-3-20-8-10-22(11-9-20)18-25-24(27)13-12-21-14-16-26(17-15-21)30(28,29)23-7-5-4-6-19(23)2/h4-11,21H,3,12-18H2,1-2H3,(H,25,27). The predicted molar refractivity (Wildman–Crippen MR) is 120 cm³/mol. The molecule has 0 spiro atoms. The fraction of sp³-hybridized carbons (Fsp3) is 0.458. The summed E-state index contributed by atoms with van der Waals surface area (Å²) < 4.78 is 27.4. The molecule has 0 bridgehead atoms. The van der Waals surface area contributed by atoms with Crippen LogP contribution in [0.5, 0.6) is 0 Å². The number of nitrogens with one attached hydrogen (secondary N) is 1. The molecule has 162 valence electrons. The highest BCUT2D eigenvalue weighted by atomic mass is 32.2. The number of aryl methyl sites for hydroxylation is 2. The highest BCUT2D eigenvalue weighted by Gasteiger charge is 2.30. The highest BCUT2D eigenvalue weighted by Crippen LogP contribution is 2.27. The van der Waals surface area contributed by atoms with Crippen LogP contribution in [0.15, 0.2) is 53.4 Å². The maximum Gasteiger partial charge on any atom is 0.243 e. The van der Waals surface area contributed by atoms with E-state index in [2.05, 4.69) is 36.5 Å². The molecule has 6 heteroatoms. The normalized spacial score (nSPS) is 15.8. The van der Waals surface area contributed by atoms with Crippen LogP contribution in [0.4, 0.5) is 0 Å². The topological polar surface area (TPSA) is 66.5 Å². The van der Waals surface area contributed by atoms with E-state index < -0.39 is 10.0 Å². The molecule has 0 saturated carbocycles. The number of nitrogens with zero attached hydrogens (tertiary/aromatic N) is 1. The van der Waals surface area contributed by atoms with Gasteiger partial charge in [-0.3, -0.25) is 4.79 Å². The molecule has 5 nitrogen and oxygen atoms in total. The number of piperidine rings is 1. The van der Waals surface area contributed by atoms with Crippen LogP contribution in [0.3, 0.4) is 0 Å². The molecule has 0 unspecified atom stereocenters. The Hall–Kier alpha value is -2.18. The van der Waals surface area contributed by atoms with E-state index >= 15 is 0 Å². The first-order valence-electron chi connectivity index (χ1n) is 10.8. The number of benzene rings is 2. The third-order valence-electron chi connectivity index (χ3n) is 5.99. The second kappa shape index (κ2) is 10.2. The van der Waals surface area contributed by atoms with Gasteiger partial charge in [0.15, 0.2) is 0 Å². The van der Waals surface area contributed by atoms with E-state index in [4.69, 9.17) is 0 Å². The molecule has 1 aliphatic rings. The van der Waals surface area contributed by atoms with Crippen molar-refractivity contribution in [3.8, 4) is 0 Å². The number of rotatable bonds is 8. The van der Waals surface area contributed by atoms with Crippen molar-refractivity contribution in [2.75, 3.05) is 13.1 Å². The van der Waals surface area contributed by atoms with Crippen LogP contribution in [0.2, 0.25) is 0 Å². The second-order valence-corrected chi connectivity index (χ2v) is 10.0. The molecule has 1 saturated heterocycles. The van der Waals surface area contributed by atoms with Crippen molar-refractivity contribution in [2.24, 2.45) is 5.92 Å². The van der Waals surface area contributed by atoms with Gasteiger partial charge in [0.2, 0.25) is 15.9 Å². The van der Waals surface area contributed by atoms with Crippen LogP contribution in [0, 0.1) is 12.8 Å². The van der Waals surface area contributed by atoms with E-state index in [0.29, 0.717) is 36.9 Å². The lowest BCUT2D eigenvalue weighted by molar-refractivity contribution is -0.121. The van der Waals surface area contributed by atoms with E-state index in [1.54, 1.807) is 16.4 Å². The summed E-state index contributed by atoms with van der Waals surface area (Å²) in [6, 6.07) is 15.4. The minimum atomic E-state index is -3.44. The van der Waals surface area contributed by atoms with E-state index in [1.807, 2.05) is 19.1 Å². The quantitative estimate of drug-likeness (QED) is 0.690. The van der Waals surface area contributed by atoms with E-state index in [9.17, 15) is 13.2 Å². The molecule has 3 rings (SSSR count). The number of carbonyl (C=O) groups is 1. The van der Waals surface area contributed by atoms with E-state index in [1.165, 1.54) is 5.56 Å². The van der Waals surface area contributed by atoms with E-state index in [-0.39, 0.29) is 5.91 Å². The lowest BCUT2D eigenvalue weighted by atomic mass is 9.93. The minimum Gasteiger partial charge on any atom is -0.352 e. The van der Waals surface area contributed by atoms with Crippen LogP contribution in [0.25, 0.3) is 0 Å². The van der Waals surface area contributed by atoms with Crippen molar-refractivity contribution in [1.29, 1.82) is 0 Å². The Labute approximate surface area is 180 Å². The Bertz CT molecular complexity index is 947. The largest absolute Gasteiger partial charge is 0.352 e. The summed E-state index contributed by atoms with van der Waals surface area (Å²) in [5.41, 5.74) is 3.18. The van der Waals surface area contributed by atoms with Gasteiger partial charge in [-0.25, -0.2) is 8.42 Å². The van der Waals surface area contributed by atoms with Gasteiger partial charge < -0.3 is 5.32 Å². The number of hydrogen-bond donors (Lipinski definition) is 1. The smallest absolute Gasteiger partial charge is 0.243 e. The number of hydrogen-bond acceptors (Lipinski definition) is 3. The first-order valence-corrected chi connectivity index (χ1v) is 12.2. The Morgan fingerprint density at radius 2 is 1.67 bits per heavy atom. The number of sulfonamides is 1. The van der Waals surface area contributed by atoms with Gasteiger partial charge in [-0.2, -0.15) is 4.31 Å². The number of amides is 1. The Balaban J connectivity index is 1.42. The van der Waals surface area contributed by atoms with Crippen LogP contribution >= 0.6 is 0 Å². The average molecular weight is 429 g/mol. The zero-order valence-corrected chi connectivity index (χ0v) is 18.7. The van der Waals surface area contributed by atoms with Crippen molar-refractivity contribution in [1.82, 2.24) is 9.62 Å². The summed E-state index contributed by atoms with van der Waals surface area (Å²) in [6.45, 7) is 5.55. The zero-order chi connectivity index (χ0) is 21.6. The van der Waals surface area contributed by atoms with Gasteiger partial charge in [-0.1, -0.05) is 49.4 Å².